The molecule has 0 saturated carbocycles. The Morgan fingerprint density at radius 2 is 2.10 bits per heavy atom. The van der Waals surface area contributed by atoms with Crippen molar-refractivity contribution in [3.05, 3.63) is 39.4 Å². The Morgan fingerprint density at radius 1 is 1.29 bits per heavy atom. The van der Waals surface area contributed by atoms with Gasteiger partial charge in [0.05, 0.1) is 9.86 Å². The van der Waals surface area contributed by atoms with Crippen LogP contribution in [0.4, 0.5) is 21.8 Å². The summed E-state index contributed by atoms with van der Waals surface area (Å²) in [4.78, 5) is 10.6. The molecule has 1 aromatic carbocycles. The lowest BCUT2D eigenvalue weighted by Gasteiger charge is -2.09. The molecule has 0 amide bonds. The number of rotatable bonds is 3. The molecule has 5 nitrogen and oxygen atoms in total. The third-order valence-electron chi connectivity index (χ3n) is 2.83. The second-order valence-corrected chi connectivity index (χ2v) is 6.46. The predicted octanol–water partition coefficient (Wildman–Crippen LogP) is 3.93. The van der Waals surface area contributed by atoms with Crippen LogP contribution < -0.4 is 16.6 Å². The maximum atomic E-state index is 13.3. The summed E-state index contributed by atoms with van der Waals surface area (Å²) in [6, 6.07) is 6.67. The first-order chi connectivity index (χ1) is 10.1. The highest BCUT2D eigenvalue weighted by atomic mass is 79.9. The fourth-order valence-electron chi connectivity index (χ4n) is 1.91. The minimum absolute atomic E-state index is 0.316. The molecule has 8 heteroatoms. The van der Waals surface area contributed by atoms with E-state index in [1.54, 1.807) is 23.5 Å². The molecule has 108 valence electrons. The zero-order valence-electron chi connectivity index (χ0n) is 10.9. The van der Waals surface area contributed by atoms with E-state index in [1.807, 2.05) is 13.0 Å². The fraction of sp³-hybridized carbons (Fsp3) is 0.0769. The van der Waals surface area contributed by atoms with Gasteiger partial charge in [0.1, 0.15) is 16.5 Å². The van der Waals surface area contributed by atoms with Crippen LogP contribution in [0.3, 0.4) is 0 Å². The molecule has 21 heavy (non-hydrogen) atoms. The average molecular weight is 368 g/mol. The van der Waals surface area contributed by atoms with Crippen LogP contribution in [-0.2, 0) is 0 Å². The number of nitrogens with zero attached hydrogens (tertiary/aromatic N) is 2. The molecule has 0 bridgehead atoms. The standard InChI is InChI=1S/C13H11BrFN5S/c1-6-4-8-11(18-13(20-16)19-12(8)21-6)17-7-2-3-10(15)9(14)5-7/h2-5H,16H2,1H3,(H2,17,18,19,20). The number of anilines is 3. The molecule has 2 aromatic heterocycles. The molecule has 0 fully saturated rings. The minimum Gasteiger partial charge on any atom is -0.339 e. The monoisotopic (exact) mass is 367 g/mol. The highest BCUT2D eigenvalue weighted by Gasteiger charge is 2.11. The van der Waals surface area contributed by atoms with Crippen molar-refractivity contribution in [2.45, 2.75) is 6.92 Å². The van der Waals surface area contributed by atoms with Crippen molar-refractivity contribution in [2.75, 3.05) is 10.7 Å². The summed E-state index contributed by atoms with van der Waals surface area (Å²) < 4.78 is 13.7. The Bertz CT molecular complexity index is 820. The van der Waals surface area contributed by atoms with Crippen molar-refractivity contribution in [1.82, 2.24) is 9.97 Å². The number of thiophene rings is 1. The number of aromatic nitrogens is 2. The van der Waals surface area contributed by atoms with Crippen LogP contribution in [0.25, 0.3) is 10.2 Å². The van der Waals surface area contributed by atoms with Gasteiger partial charge in [-0.05, 0) is 47.1 Å². The summed E-state index contributed by atoms with van der Waals surface area (Å²) in [5.41, 5.74) is 3.17. The van der Waals surface area contributed by atoms with Crippen LogP contribution in [0.2, 0.25) is 0 Å². The van der Waals surface area contributed by atoms with Crippen LogP contribution >= 0.6 is 27.3 Å². The fourth-order valence-corrected chi connectivity index (χ4v) is 3.17. The maximum absolute atomic E-state index is 13.3. The van der Waals surface area contributed by atoms with E-state index in [-0.39, 0.29) is 5.82 Å². The van der Waals surface area contributed by atoms with Crippen molar-refractivity contribution in [3.63, 3.8) is 0 Å². The molecule has 0 atom stereocenters. The lowest BCUT2D eigenvalue weighted by Crippen LogP contribution is -2.11. The van der Waals surface area contributed by atoms with Gasteiger partial charge in [-0.3, -0.25) is 5.43 Å². The van der Waals surface area contributed by atoms with Crippen molar-refractivity contribution in [1.29, 1.82) is 0 Å². The highest BCUT2D eigenvalue weighted by Crippen LogP contribution is 2.31. The van der Waals surface area contributed by atoms with Crippen LogP contribution in [0.15, 0.2) is 28.7 Å². The summed E-state index contributed by atoms with van der Waals surface area (Å²) >= 11 is 4.72. The quantitative estimate of drug-likeness (QED) is 0.483. The Hall–Kier alpha value is -1.77. The van der Waals surface area contributed by atoms with Gasteiger partial charge in [0.25, 0.3) is 0 Å². The van der Waals surface area contributed by atoms with Gasteiger partial charge in [0.2, 0.25) is 5.95 Å². The molecular weight excluding hydrogens is 357 g/mol. The molecule has 0 aliphatic rings. The van der Waals surface area contributed by atoms with Gasteiger partial charge in [-0.2, -0.15) is 4.98 Å². The third kappa shape index (κ3) is 2.82. The van der Waals surface area contributed by atoms with Gasteiger partial charge >= 0.3 is 0 Å². The van der Waals surface area contributed by atoms with E-state index in [1.165, 1.54) is 6.07 Å². The van der Waals surface area contributed by atoms with Gasteiger partial charge < -0.3 is 5.32 Å². The predicted molar refractivity (Wildman–Crippen MR) is 87.3 cm³/mol. The van der Waals surface area contributed by atoms with Crippen LogP contribution in [-0.4, -0.2) is 9.97 Å². The second-order valence-electron chi connectivity index (χ2n) is 4.37. The molecule has 0 saturated heterocycles. The van der Waals surface area contributed by atoms with Gasteiger partial charge in [-0.15, -0.1) is 11.3 Å². The summed E-state index contributed by atoms with van der Waals surface area (Å²) in [6.45, 7) is 2.00. The number of hydrogen-bond donors (Lipinski definition) is 3. The normalized spacial score (nSPS) is 10.9. The lowest BCUT2D eigenvalue weighted by atomic mass is 10.3. The molecule has 2 heterocycles. The van der Waals surface area contributed by atoms with Gasteiger partial charge in [0.15, 0.2) is 0 Å². The zero-order valence-corrected chi connectivity index (χ0v) is 13.3. The molecule has 0 aliphatic carbocycles. The zero-order chi connectivity index (χ0) is 15.0. The van der Waals surface area contributed by atoms with Gasteiger partial charge in [-0.1, -0.05) is 0 Å². The van der Waals surface area contributed by atoms with Crippen LogP contribution in [0, 0.1) is 12.7 Å². The number of nitrogen functional groups attached to an aromatic ring is 1. The summed E-state index contributed by atoms with van der Waals surface area (Å²) in [5.74, 6) is 6.03. The van der Waals surface area contributed by atoms with Crippen molar-refractivity contribution < 1.29 is 4.39 Å². The number of fused-ring (bicyclic) bond motifs is 1. The number of nitrogens with two attached hydrogens (primary N) is 1. The van der Waals surface area contributed by atoms with E-state index in [0.717, 1.165) is 20.8 Å². The summed E-state index contributed by atoms with van der Waals surface area (Å²) in [6.07, 6.45) is 0. The number of benzene rings is 1. The summed E-state index contributed by atoms with van der Waals surface area (Å²) in [5, 5.41) is 4.07. The Kier molecular flexibility index (Phi) is 3.75. The van der Waals surface area contributed by atoms with E-state index in [2.05, 4.69) is 36.6 Å². The van der Waals surface area contributed by atoms with E-state index < -0.39 is 0 Å². The molecule has 3 aromatic rings. The number of hydrazine groups is 1. The molecule has 3 rings (SSSR count). The first-order valence-electron chi connectivity index (χ1n) is 6.03. The number of nitrogens with one attached hydrogen (secondary N) is 2. The summed E-state index contributed by atoms with van der Waals surface area (Å²) in [7, 11) is 0. The van der Waals surface area contributed by atoms with Crippen molar-refractivity contribution >= 4 is 54.9 Å². The van der Waals surface area contributed by atoms with E-state index in [9.17, 15) is 4.39 Å². The van der Waals surface area contributed by atoms with Crippen LogP contribution in [0.1, 0.15) is 4.88 Å². The molecular formula is C13H11BrFN5S. The Balaban J connectivity index is 2.07. The first kappa shape index (κ1) is 14.2. The lowest BCUT2D eigenvalue weighted by molar-refractivity contribution is 0.621. The molecule has 0 radical (unpaired) electrons. The number of aryl methyl sites for hydroxylation is 1. The number of halogens is 2. The Morgan fingerprint density at radius 3 is 2.81 bits per heavy atom. The Labute approximate surface area is 132 Å². The largest absolute Gasteiger partial charge is 0.339 e. The van der Waals surface area contributed by atoms with Gasteiger partial charge in [0, 0.05) is 10.6 Å². The first-order valence-corrected chi connectivity index (χ1v) is 7.64. The van der Waals surface area contributed by atoms with E-state index in [0.29, 0.717) is 16.2 Å². The third-order valence-corrected chi connectivity index (χ3v) is 4.38. The maximum Gasteiger partial charge on any atom is 0.240 e. The number of hydrogen-bond acceptors (Lipinski definition) is 6. The minimum atomic E-state index is -0.316. The smallest absolute Gasteiger partial charge is 0.240 e. The van der Waals surface area contributed by atoms with Crippen molar-refractivity contribution in [2.24, 2.45) is 5.84 Å². The molecule has 0 unspecified atom stereocenters. The average Bonchev–Trinajstić information content (AvgIpc) is 2.83. The van der Waals surface area contributed by atoms with E-state index >= 15 is 0 Å². The second kappa shape index (κ2) is 5.55. The van der Waals surface area contributed by atoms with Gasteiger partial charge in [-0.25, -0.2) is 15.2 Å². The van der Waals surface area contributed by atoms with Crippen LogP contribution in [0.5, 0.6) is 0 Å². The molecule has 0 aliphatic heterocycles. The van der Waals surface area contributed by atoms with Crippen molar-refractivity contribution in [3.8, 4) is 0 Å². The SMILES string of the molecule is Cc1cc2c(Nc3ccc(F)c(Br)c3)nc(NN)nc2s1. The highest BCUT2D eigenvalue weighted by molar-refractivity contribution is 9.10. The topological polar surface area (TPSA) is 75.9 Å². The molecule has 0 spiro atoms. The van der Waals surface area contributed by atoms with E-state index in [4.69, 9.17) is 5.84 Å². The molecule has 4 N–H and O–H groups in total.